The molecule has 2 nitrogen and oxygen atoms in total. The molecule has 0 aromatic carbocycles. The maximum Gasteiger partial charge on any atom is 0.427 e. The minimum atomic E-state index is -5.76. The van der Waals surface area contributed by atoms with E-state index in [9.17, 15) is 26.3 Å². The molecule has 0 amide bonds. The van der Waals surface area contributed by atoms with E-state index in [-0.39, 0.29) is 6.54 Å². The van der Waals surface area contributed by atoms with Crippen LogP contribution in [0.2, 0.25) is 0 Å². The Kier molecular flexibility index (Phi) is 4.86. The third-order valence-corrected chi connectivity index (χ3v) is 2.51. The number of nitrogens with zero attached hydrogens (tertiary/aromatic N) is 1. The predicted molar refractivity (Wildman–Crippen MR) is 49.4 cm³/mol. The van der Waals surface area contributed by atoms with Crippen molar-refractivity contribution >= 4 is 0 Å². The molecule has 0 aliphatic carbocycles. The lowest BCUT2D eigenvalue weighted by molar-refractivity contribution is -0.371. The lowest BCUT2D eigenvalue weighted by atomic mass is 10.0. The molecule has 0 fully saturated rings. The van der Waals surface area contributed by atoms with Gasteiger partial charge in [0.05, 0.1) is 0 Å². The van der Waals surface area contributed by atoms with Crippen LogP contribution in [-0.2, 0) is 0 Å². The normalized spacial score (nSPS) is 14.8. The minimum absolute atomic E-state index is 0.0217. The predicted octanol–water partition coefficient (Wildman–Crippen LogP) is 2.57. The summed E-state index contributed by atoms with van der Waals surface area (Å²) in [5.41, 5.74) is -4.69. The molecule has 0 aromatic heterocycles. The van der Waals surface area contributed by atoms with Gasteiger partial charge < -0.3 is 5.11 Å². The van der Waals surface area contributed by atoms with Crippen LogP contribution in [0, 0.1) is 0 Å². The molecule has 0 saturated carbocycles. The highest BCUT2D eigenvalue weighted by Crippen LogP contribution is 2.43. The number of halogens is 6. The lowest BCUT2D eigenvalue weighted by Crippen LogP contribution is -2.63. The van der Waals surface area contributed by atoms with Crippen LogP contribution in [-0.4, -0.2) is 47.1 Å². The molecule has 0 aromatic rings. The Morgan fingerprint density at radius 1 is 1.00 bits per heavy atom. The van der Waals surface area contributed by atoms with Gasteiger partial charge >= 0.3 is 12.4 Å². The van der Waals surface area contributed by atoms with E-state index in [4.69, 9.17) is 5.11 Å². The van der Waals surface area contributed by atoms with Crippen LogP contribution in [0.5, 0.6) is 0 Å². The average molecular weight is 267 g/mol. The first kappa shape index (κ1) is 16.5. The Labute approximate surface area is 95.2 Å². The second-order valence-corrected chi connectivity index (χ2v) is 4.01. The van der Waals surface area contributed by atoms with Gasteiger partial charge in [-0.05, 0) is 20.4 Å². The molecule has 17 heavy (non-hydrogen) atoms. The standard InChI is InChI=1S/C9H15F6NO/c1-4-16(6(2)3)5-7(17,8(10,11)12)9(13,14)15/h6,17H,4-5H2,1-3H3. The van der Waals surface area contributed by atoms with E-state index in [1.165, 1.54) is 20.8 Å². The van der Waals surface area contributed by atoms with E-state index in [1.54, 1.807) is 0 Å². The van der Waals surface area contributed by atoms with Gasteiger partial charge in [0.25, 0.3) is 5.60 Å². The molecule has 1 N–H and O–H groups in total. The Balaban J connectivity index is 5.24. The van der Waals surface area contributed by atoms with E-state index in [0.29, 0.717) is 0 Å². The maximum atomic E-state index is 12.4. The summed E-state index contributed by atoms with van der Waals surface area (Å²) in [5.74, 6) is 0. The molecule has 0 atom stereocenters. The quantitative estimate of drug-likeness (QED) is 0.791. The molecule has 104 valence electrons. The summed E-state index contributed by atoms with van der Waals surface area (Å²) in [5, 5.41) is 8.94. The zero-order valence-electron chi connectivity index (χ0n) is 9.65. The van der Waals surface area contributed by atoms with Gasteiger partial charge in [-0.25, -0.2) is 0 Å². The van der Waals surface area contributed by atoms with Crippen molar-refractivity contribution in [2.24, 2.45) is 0 Å². The van der Waals surface area contributed by atoms with Gasteiger partial charge in [0.1, 0.15) is 0 Å². The number of likely N-dealkylation sites (N-methyl/N-ethyl adjacent to an activating group) is 1. The zero-order chi connectivity index (χ0) is 14.1. The minimum Gasteiger partial charge on any atom is -0.373 e. The van der Waals surface area contributed by atoms with Crippen LogP contribution >= 0.6 is 0 Å². The Hall–Kier alpha value is -0.500. The molecule has 8 heteroatoms. The van der Waals surface area contributed by atoms with Crippen molar-refractivity contribution in [1.29, 1.82) is 0 Å². The van der Waals surface area contributed by atoms with Crippen molar-refractivity contribution in [2.45, 2.75) is 44.8 Å². The van der Waals surface area contributed by atoms with Crippen molar-refractivity contribution in [3.8, 4) is 0 Å². The number of hydrogen-bond donors (Lipinski definition) is 1. The smallest absolute Gasteiger partial charge is 0.373 e. The number of rotatable bonds is 4. The van der Waals surface area contributed by atoms with Gasteiger partial charge in [-0.1, -0.05) is 6.92 Å². The second kappa shape index (κ2) is 5.01. The Morgan fingerprint density at radius 2 is 1.35 bits per heavy atom. The summed E-state index contributed by atoms with van der Waals surface area (Å²) in [6.45, 7) is 2.79. The zero-order valence-corrected chi connectivity index (χ0v) is 9.65. The summed E-state index contributed by atoms with van der Waals surface area (Å²) in [6, 6.07) is -0.531. The topological polar surface area (TPSA) is 23.5 Å². The number of aliphatic hydroxyl groups is 1. The molecule has 0 aliphatic heterocycles. The van der Waals surface area contributed by atoms with Gasteiger partial charge in [0.2, 0.25) is 0 Å². The van der Waals surface area contributed by atoms with Crippen LogP contribution in [0.1, 0.15) is 20.8 Å². The first-order valence-electron chi connectivity index (χ1n) is 4.96. The van der Waals surface area contributed by atoms with E-state index >= 15 is 0 Å². The molecule has 0 aliphatic rings. The highest BCUT2D eigenvalue weighted by Gasteiger charge is 2.70. The molecular weight excluding hydrogens is 252 g/mol. The molecule has 0 radical (unpaired) electrons. The van der Waals surface area contributed by atoms with Crippen LogP contribution in [0.25, 0.3) is 0 Å². The van der Waals surface area contributed by atoms with Gasteiger partial charge in [-0.2, -0.15) is 26.3 Å². The van der Waals surface area contributed by atoms with Crippen molar-refractivity contribution in [1.82, 2.24) is 4.90 Å². The summed E-state index contributed by atoms with van der Waals surface area (Å²) >= 11 is 0. The highest BCUT2D eigenvalue weighted by molar-refractivity contribution is 4.96. The van der Waals surface area contributed by atoms with E-state index < -0.39 is 30.5 Å². The molecule has 0 spiro atoms. The average Bonchev–Trinajstić information content (AvgIpc) is 2.09. The number of alkyl halides is 6. The van der Waals surface area contributed by atoms with Crippen molar-refractivity contribution in [3.05, 3.63) is 0 Å². The fourth-order valence-corrected chi connectivity index (χ4v) is 1.29. The summed E-state index contributed by atoms with van der Waals surface area (Å²) in [6.07, 6.45) is -11.5. The van der Waals surface area contributed by atoms with Crippen molar-refractivity contribution < 1.29 is 31.4 Å². The Bertz CT molecular complexity index is 233. The van der Waals surface area contributed by atoms with Crippen LogP contribution in [0.15, 0.2) is 0 Å². The third kappa shape index (κ3) is 3.48. The first-order valence-corrected chi connectivity index (χ1v) is 4.96. The van der Waals surface area contributed by atoms with Crippen LogP contribution < -0.4 is 0 Å². The highest BCUT2D eigenvalue weighted by atomic mass is 19.4. The lowest BCUT2D eigenvalue weighted by Gasteiger charge is -2.37. The molecule has 0 heterocycles. The van der Waals surface area contributed by atoms with E-state index in [0.717, 1.165) is 4.90 Å². The maximum absolute atomic E-state index is 12.4. The summed E-state index contributed by atoms with van der Waals surface area (Å²) < 4.78 is 74.2. The third-order valence-electron chi connectivity index (χ3n) is 2.51. The van der Waals surface area contributed by atoms with Crippen molar-refractivity contribution in [2.75, 3.05) is 13.1 Å². The Morgan fingerprint density at radius 3 is 1.53 bits per heavy atom. The van der Waals surface area contributed by atoms with Crippen LogP contribution in [0.4, 0.5) is 26.3 Å². The second-order valence-electron chi connectivity index (χ2n) is 4.01. The first-order chi connectivity index (χ1) is 7.37. The molecule has 0 unspecified atom stereocenters. The van der Waals surface area contributed by atoms with Crippen molar-refractivity contribution in [3.63, 3.8) is 0 Å². The fraction of sp³-hybridized carbons (Fsp3) is 1.00. The number of hydrogen-bond acceptors (Lipinski definition) is 2. The molecule has 0 bridgehead atoms. The molecule has 0 saturated heterocycles. The fourth-order valence-electron chi connectivity index (χ4n) is 1.29. The van der Waals surface area contributed by atoms with E-state index in [1.807, 2.05) is 0 Å². The summed E-state index contributed by atoms with van der Waals surface area (Å²) in [7, 11) is 0. The largest absolute Gasteiger partial charge is 0.427 e. The van der Waals surface area contributed by atoms with Gasteiger partial charge in [-0.3, -0.25) is 4.90 Å². The SMILES string of the molecule is CCN(CC(O)(C(F)(F)F)C(F)(F)F)C(C)C. The van der Waals surface area contributed by atoms with Crippen LogP contribution in [0.3, 0.4) is 0 Å². The van der Waals surface area contributed by atoms with Gasteiger partial charge in [0, 0.05) is 12.6 Å². The van der Waals surface area contributed by atoms with Gasteiger partial charge in [0.15, 0.2) is 0 Å². The molecule has 0 rings (SSSR count). The van der Waals surface area contributed by atoms with Gasteiger partial charge in [-0.15, -0.1) is 0 Å². The summed E-state index contributed by atoms with van der Waals surface area (Å²) in [4.78, 5) is 0.904. The molecular formula is C9H15F6NO. The van der Waals surface area contributed by atoms with E-state index in [2.05, 4.69) is 0 Å². The monoisotopic (exact) mass is 267 g/mol.